The number of nitrogens with zero attached hydrogens (tertiary/aromatic N) is 2. The molecule has 1 amide bonds. The van der Waals surface area contributed by atoms with E-state index in [0.717, 1.165) is 18.8 Å². The Morgan fingerprint density at radius 2 is 1.88 bits per heavy atom. The van der Waals surface area contributed by atoms with Crippen molar-refractivity contribution in [3.8, 4) is 0 Å². The third-order valence-electron chi connectivity index (χ3n) is 4.62. The summed E-state index contributed by atoms with van der Waals surface area (Å²) in [4.78, 5) is 15.9. The molecule has 1 aliphatic heterocycles. The molecule has 0 aromatic heterocycles. The second-order valence-corrected chi connectivity index (χ2v) is 6.38. The molecule has 140 valence electrons. The van der Waals surface area contributed by atoms with E-state index in [9.17, 15) is 18.0 Å². The van der Waals surface area contributed by atoms with E-state index < -0.39 is 12.1 Å². The van der Waals surface area contributed by atoms with Gasteiger partial charge in [-0.3, -0.25) is 9.69 Å². The summed E-state index contributed by atoms with van der Waals surface area (Å²) in [6.07, 6.45) is -3.57. The summed E-state index contributed by atoms with van der Waals surface area (Å²) >= 11 is 0. The zero-order chi connectivity index (χ0) is 18.4. The number of carbonyl (C=O) groups excluding carboxylic acids is 1. The molecule has 0 radical (unpaired) electrons. The van der Waals surface area contributed by atoms with Gasteiger partial charge in [0.2, 0.25) is 5.91 Å². The van der Waals surface area contributed by atoms with Crippen molar-refractivity contribution in [3.63, 3.8) is 0 Å². The van der Waals surface area contributed by atoms with Gasteiger partial charge in [-0.2, -0.15) is 13.2 Å². The highest BCUT2D eigenvalue weighted by molar-refractivity contribution is 5.92. The first-order chi connectivity index (χ1) is 11.8. The van der Waals surface area contributed by atoms with Gasteiger partial charge < -0.3 is 10.2 Å². The van der Waals surface area contributed by atoms with Crippen LogP contribution in [0.3, 0.4) is 0 Å². The molecule has 0 bridgehead atoms. The van der Waals surface area contributed by atoms with Gasteiger partial charge in [0.05, 0.1) is 12.5 Å². The van der Waals surface area contributed by atoms with E-state index in [1.807, 2.05) is 24.3 Å². The van der Waals surface area contributed by atoms with Crippen LogP contribution in [0.15, 0.2) is 24.3 Å². The first-order valence-corrected chi connectivity index (χ1v) is 8.77. The molecule has 2 rings (SSSR count). The number of carbonyl (C=O) groups is 1. The fourth-order valence-corrected chi connectivity index (χ4v) is 3.21. The van der Waals surface area contributed by atoms with Crippen molar-refractivity contribution in [3.05, 3.63) is 24.3 Å². The second kappa shape index (κ2) is 8.56. The second-order valence-electron chi connectivity index (χ2n) is 6.38. The third-order valence-corrected chi connectivity index (χ3v) is 4.62. The van der Waals surface area contributed by atoms with Crippen molar-refractivity contribution in [2.45, 2.75) is 32.9 Å². The highest BCUT2D eigenvalue weighted by atomic mass is 19.4. The summed E-state index contributed by atoms with van der Waals surface area (Å²) in [5.41, 5.74) is 1.73. The number of rotatable bonds is 6. The van der Waals surface area contributed by atoms with Crippen LogP contribution in [0.4, 0.5) is 24.5 Å². The monoisotopic (exact) mass is 357 g/mol. The predicted octanol–water partition coefficient (Wildman–Crippen LogP) is 3.75. The Balaban J connectivity index is 1.87. The van der Waals surface area contributed by atoms with Crippen LogP contribution in [0, 0.1) is 5.92 Å². The summed E-state index contributed by atoms with van der Waals surface area (Å²) in [7, 11) is 0. The zero-order valence-electron chi connectivity index (χ0n) is 14.8. The molecule has 1 fully saturated rings. The maximum atomic E-state index is 12.8. The highest BCUT2D eigenvalue weighted by Gasteiger charge is 2.41. The van der Waals surface area contributed by atoms with Crippen LogP contribution in [0.5, 0.6) is 0 Å². The average molecular weight is 357 g/mol. The lowest BCUT2D eigenvalue weighted by atomic mass is 9.97. The molecule has 0 spiro atoms. The van der Waals surface area contributed by atoms with Gasteiger partial charge >= 0.3 is 6.18 Å². The molecule has 1 heterocycles. The molecule has 7 heteroatoms. The standard InChI is InChI=1S/C18H26F3N3O/c1-3-24(4-2)16-9-7-15(8-10-16)22-17(25)13-23-11-5-6-14(12-23)18(19,20)21/h7-10,14H,3-6,11-13H2,1-2H3,(H,22,25). The lowest BCUT2D eigenvalue weighted by molar-refractivity contribution is -0.186. The Hall–Kier alpha value is -1.76. The first kappa shape index (κ1) is 19.6. The van der Waals surface area contributed by atoms with Crippen LogP contribution in [-0.2, 0) is 4.79 Å². The molecule has 1 aliphatic rings. The first-order valence-electron chi connectivity index (χ1n) is 8.77. The van der Waals surface area contributed by atoms with Crippen molar-refractivity contribution >= 4 is 17.3 Å². The van der Waals surface area contributed by atoms with Crippen molar-refractivity contribution in [2.24, 2.45) is 5.92 Å². The van der Waals surface area contributed by atoms with E-state index in [4.69, 9.17) is 0 Å². The van der Waals surface area contributed by atoms with E-state index >= 15 is 0 Å². The molecule has 1 N–H and O–H groups in total. The van der Waals surface area contributed by atoms with Crippen molar-refractivity contribution < 1.29 is 18.0 Å². The molecular formula is C18H26F3N3O. The summed E-state index contributed by atoms with van der Waals surface area (Å²) < 4.78 is 38.5. The van der Waals surface area contributed by atoms with Crippen LogP contribution >= 0.6 is 0 Å². The van der Waals surface area contributed by atoms with E-state index in [0.29, 0.717) is 18.7 Å². The number of likely N-dealkylation sites (tertiary alicyclic amines) is 1. The summed E-state index contributed by atoms with van der Waals surface area (Å²) in [5, 5.41) is 2.76. The number of piperidine rings is 1. The van der Waals surface area contributed by atoms with Gasteiger partial charge in [-0.05, 0) is 57.5 Å². The Labute approximate surface area is 147 Å². The van der Waals surface area contributed by atoms with Gasteiger partial charge in [0.1, 0.15) is 0 Å². The number of nitrogens with one attached hydrogen (secondary N) is 1. The molecule has 1 aromatic carbocycles. The zero-order valence-corrected chi connectivity index (χ0v) is 14.8. The molecule has 1 atom stereocenters. The number of alkyl halides is 3. The van der Waals surface area contributed by atoms with E-state index in [1.165, 1.54) is 0 Å². The van der Waals surface area contributed by atoms with Gasteiger partial charge in [-0.25, -0.2) is 0 Å². The third kappa shape index (κ3) is 5.63. The lowest BCUT2D eigenvalue weighted by Crippen LogP contribution is -2.44. The number of anilines is 2. The lowest BCUT2D eigenvalue weighted by Gasteiger charge is -2.33. The van der Waals surface area contributed by atoms with Crippen molar-refractivity contribution in [1.29, 1.82) is 0 Å². The molecule has 1 unspecified atom stereocenters. The van der Waals surface area contributed by atoms with Gasteiger partial charge in [0.15, 0.2) is 0 Å². The Morgan fingerprint density at radius 3 is 2.44 bits per heavy atom. The van der Waals surface area contributed by atoms with Crippen LogP contribution in [0.2, 0.25) is 0 Å². The number of amides is 1. The molecule has 25 heavy (non-hydrogen) atoms. The van der Waals surface area contributed by atoms with Gasteiger partial charge in [0.25, 0.3) is 0 Å². The predicted molar refractivity (Wildman–Crippen MR) is 93.9 cm³/mol. The molecule has 0 saturated carbocycles. The molecule has 1 aromatic rings. The Bertz CT molecular complexity index is 556. The van der Waals surface area contributed by atoms with Crippen LogP contribution in [0.25, 0.3) is 0 Å². The van der Waals surface area contributed by atoms with Crippen LogP contribution < -0.4 is 10.2 Å². The molecule has 4 nitrogen and oxygen atoms in total. The summed E-state index contributed by atoms with van der Waals surface area (Å²) in [6.45, 7) is 6.37. The maximum absolute atomic E-state index is 12.8. The topological polar surface area (TPSA) is 35.6 Å². The maximum Gasteiger partial charge on any atom is 0.393 e. The largest absolute Gasteiger partial charge is 0.393 e. The molecule has 1 saturated heterocycles. The SMILES string of the molecule is CCN(CC)c1ccc(NC(=O)CN2CCCC(C(F)(F)F)C2)cc1. The van der Waals surface area contributed by atoms with Crippen LogP contribution in [0.1, 0.15) is 26.7 Å². The summed E-state index contributed by atoms with van der Waals surface area (Å²) in [6, 6.07) is 7.51. The minimum absolute atomic E-state index is 0.00955. The van der Waals surface area contributed by atoms with Crippen LogP contribution in [-0.4, -0.2) is 49.7 Å². The van der Waals surface area contributed by atoms with Gasteiger partial charge in [0, 0.05) is 31.0 Å². The number of halogens is 3. The average Bonchev–Trinajstić information content (AvgIpc) is 2.57. The minimum Gasteiger partial charge on any atom is -0.372 e. The smallest absolute Gasteiger partial charge is 0.372 e. The summed E-state index contributed by atoms with van der Waals surface area (Å²) in [5.74, 6) is -1.61. The van der Waals surface area contributed by atoms with Crippen molar-refractivity contribution in [2.75, 3.05) is 42.9 Å². The van der Waals surface area contributed by atoms with Crippen molar-refractivity contribution in [1.82, 2.24) is 4.90 Å². The van der Waals surface area contributed by atoms with Gasteiger partial charge in [-0.1, -0.05) is 0 Å². The van der Waals surface area contributed by atoms with E-state index in [2.05, 4.69) is 24.1 Å². The quantitative estimate of drug-likeness (QED) is 0.842. The molecular weight excluding hydrogens is 331 g/mol. The Morgan fingerprint density at radius 1 is 1.24 bits per heavy atom. The normalized spacial score (nSPS) is 18.8. The number of hydrogen-bond donors (Lipinski definition) is 1. The number of hydrogen-bond acceptors (Lipinski definition) is 3. The van der Waals surface area contributed by atoms with E-state index in [1.54, 1.807) is 4.90 Å². The fourth-order valence-electron chi connectivity index (χ4n) is 3.21. The minimum atomic E-state index is -4.19. The molecule has 0 aliphatic carbocycles. The van der Waals surface area contributed by atoms with Gasteiger partial charge in [-0.15, -0.1) is 0 Å². The highest BCUT2D eigenvalue weighted by Crippen LogP contribution is 2.33. The van der Waals surface area contributed by atoms with E-state index in [-0.39, 0.29) is 25.4 Å². The Kier molecular flexibility index (Phi) is 6.70. The fraction of sp³-hybridized carbons (Fsp3) is 0.611. The number of benzene rings is 1.